The number of aromatic nitrogens is 3. The first kappa shape index (κ1) is 31.3. The summed E-state index contributed by atoms with van der Waals surface area (Å²) in [6, 6.07) is 12.6. The normalized spacial score (nSPS) is 12.3. The molecule has 0 fully saturated rings. The van der Waals surface area contributed by atoms with Gasteiger partial charge in [0.1, 0.15) is 11.4 Å². The fourth-order valence-electron chi connectivity index (χ4n) is 4.93. The van der Waals surface area contributed by atoms with Crippen LogP contribution in [0.1, 0.15) is 32.7 Å². The maximum atomic E-state index is 14.2. The number of hydrogen-bond donors (Lipinski definition) is 3. The van der Waals surface area contributed by atoms with E-state index in [1.165, 1.54) is 19.2 Å². The molecule has 0 aliphatic heterocycles. The molecule has 1 amide bonds. The van der Waals surface area contributed by atoms with Crippen molar-refractivity contribution in [2.75, 3.05) is 6.61 Å². The van der Waals surface area contributed by atoms with Crippen molar-refractivity contribution >= 4 is 16.8 Å². The van der Waals surface area contributed by atoms with Crippen LogP contribution in [0.25, 0.3) is 22.2 Å². The van der Waals surface area contributed by atoms with Crippen LogP contribution in [0.5, 0.6) is 11.6 Å². The molecule has 45 heavy (non-hydrogen) atoms. The number of nitrogens with zero attached hydrogens (tertiary/aromatic N) is 2. The van der Waals surface area contributed by atoms with Crippen LogP contribution in [0.3, 0.4) is 0 Å². The van der Waals surface area contributed by atoms with Gasteiger partial charge in [-0.1, -0.05) is 30.3 Å². The van der Waals surface area contributed by atoms with E-state index in [-0.39, 0.29) is 44.7 Å². The largest absolute Gasteiger partial charge is 0.438 e. The third-order valence-electron chi connectivity index (χ3n) is 7.21. The summed E-state index contributed by atoms with van der Waals surface area (Å²) >= 11 is 0. The zero-order valence-corrected chi connectivity index (χ0v) is 23.8. The lowest BCUT2D eigenvalue weighted by atomic mass is 10.0. The first-order chi connectivity index (χ1) is 21.4. The zero-order chi connectivity index (χ0) is 32.5. The second kappa shape index (κ2) is 12.4. The molecule has 3 N–H and O–H groups in total. The van der Waals surface area contributed by atoms with E-state index in [4.69, 9.17) is 4.74 Å². The van der Waals surface area contributed by atoms with Crippen LogP contribution >= 0.6 is 0 Å². The molecular weight excluding hydrogens is 599 g/mol. The average Bonchev–Trinajstić information content (AvgIpc) is 3.00. The van der Waals surface area contributed by atoms with Crippen LogP contribution in [0, 0.1) is 25.5 Å². The number of nitrogens with one attached hydrogen (secondary N) is 2. The SMILES string of the molecule is Cc1c(Oc2ncc(C(F)(F)F)c(C)c2-c2cc(=O)c3c(C(=O)N[C@H](CO)Cc4ccccc4)nccc3[nH]2)ccc(F)c1F. The van der Waals surface area contributed by atoms with Gasteiger partial charge in [0.15, 0.2) is 17.1 Å². The topological polar surface area (TPSA) is 117 Å². The number of benzene rings is 2. The Morgan fingerprint density at radius 2 is 1.78 bits per heavy atom. The van der Waals surface area contributed by atoms with E-state index >= 15 is 0 Å². The molecule has 1 atom stereocenters. The summed E-state index contributed by atoms with van der Waals surface area (Å²) in [5.74, 6) is -3.72. The molecule has 3 heterocycles. The summed E-state index contributed by atoms with van der Waals surface area (Å²) < 4.78 is 75.3. The minimum absolute atomic E-state index is 0.0630. The van der Waals surface area contributed by atoms with Gasteiger partial charge in [-0.3, -0.25) is 14.6 Å². The number of aliphatic hydroxyl groups excluding tert-OH is 1. The number of pyridine rings is 3. The highest BCUT2D eigenvalue weighted by atomic mass is 19.4. The number of hydrogen-bond acceptors (Lipinski definition) is 6. The molecule has 0 aliphatic rings. The lowest BCUT2D eigenvalue weighted by Gasteiger charge is -2.19. The molecule has 0 saturated heterocycles. The number of carbonyl (C=O) groups is 1. The van der Waals surface area contributed by atoms with Crippen molar-refractivity contribution < 1.29 is 36.6 Å². The lowest BCUT2D eigenvalue weighted by molar-refractivity contribution is -0.138. The smallest absolute Gasteiger partial charge is 0.418 e. The van der Waals surface area contributed by atoms with Crippen LogP contribution in [0.15, 0.2) is 71.8 Å². The second-order valence-electron chi connectivity index (χ2n) is 10.2. The van der Waals surface area contributed by atoms with Gasteiger partial charge in [0.25, 0.3) is 5.91 Å². The van der Waals surface area contributed by atoms with E-state index in [0.717, 1.165) is 30.7 Å². The summed E-state index contributed by atoms with van der Waals surface area (Å²) in [6.07, 6.45) is -2.74. The van der Waals surface area contributed by atoms with Crippen molar-refractivity contribution in [1.82, 2.24) is 20.3 Å². The van der Waals surface area contributed by atoms with Gasteiger partial charge in [-0.15, -0.1) is 0 Å². The molecule has 3 aromatic heterocycles. The van der Waals surface area contributed by atoms with E-state index in [1.54, 1.807) is 0 Å². The van der Waals surface area contributed by atoms with Crippen LogP contribution in [0.4, 0.5) is 22.0 Å². The summed E-state index contributed by atoms with van der Waals surface area (Å²) in [5.41, 5.74) is -2.24. The molecule has 0 saturated carbocycles. The van der Waals surface area contributed by atoms with Crippen LogP contribution in [-0.4, -0.2) is 38.6 Å². The maximum Gasteiger partial charge on any atom is 0.418 e. The Balaban J connectivity index is 1.59. The second-order valence-corrected chi connectivity index (χ2v) is 10.2. The van der Waals surface area contributed by atoms with Gasteiger partial charge in [0.2, 0.25) is 5.88 Å². The number of halogens is 5. The number of ether oxygens (including phenoxy) is 1. The predicted molar refractivity (Wildman–Crippen MR) is 155 cm³/mol. The number of fused-ring (bicyclic) bond motifs is 1. The Hall–Kier alpha value is -5.17. The van der Waals surface area contributed by atoms with Gasteiger partial charge in [-0.25, -0.2) is 13.8 Å². The summed E-state index contributed by atoms with van der Waals surface area (Å²) in [6.45, 7) is 1.98. The molecule has 13 heteroatoms. The van der Waals surface area contributed by atoms with E-state index in [9.17, 15) is 36.6 Å². The maximum absolute atomic E-state index is 14.2. The molecule has 0 radical (unpaired) electrons. The minimum atomic E-state index is -4.82. The number of carbonyl (C=O) groups excluding carboxylic acids is 1. The van der Waals surface area contributed by atoms with Crippen molar-refractivity contribution in [2.24, 2.45) is 0 Å². The molecule has 5 rings (SSSR count). The molecule has 2 aromatic carbocycles. The Morgan fingerprint density at radius 1 is 1.04 bits per heavy atom. The third-order valence-corrected chi connectivity index (χ3v) is 7.21. The number of H-pyrrole nitrogens is 1. The molecule has 8 nitrogen and oxygen atoms in total. The molecular formula is C32H25F5N4O4. The molecule has 0 unspecified atom stereocenters. The Labute approximate surface area is 252 Å². The number of rotatable bonds is 8. The van der Waals surface area contributed by atoms with E-state index in [2.05, 4.69) is 20.3 Å². The molecule has 232 valence electrons. The van der Waals surface area contributed by atoms with Crippen LogP contribution < -0.4 is 15.5 Å². The summed E-state index contributed by atoms with van der Waals surface area (Å²) in [5, 5.41) is 12.4. The average molecular weight is 625 g/mol. The van der Waals surface area contributed by atoms with Crippen molar-refractivity contribution in [3.8, 4) is 22.9 Å². The number of alkyl halides is 3. The highest BCUT2D eigenvalue weighted by Gasteiger charge is 2.35. The molecule has 0 aliphatic carbocycles. The Morgan fingerprint density at radius 3 is 2.47 bits per heavy atom. The van der Waals surface area contributed by atoms with Crippen molar-refractivity contribution in [1.29, 1.82) is 0 Å². The van der Waals surface area contributed by atoms with Gasteiger partial charge in [0, 0.05) is 24.0 Å². The standard InChI is InChI=1S/C32H25F5N4O4/c1-16-20(32(35,36)37)14-39-31(45-25-9-8-21(33)28(34)17(25)2)26(16)23-13-24(43)27-22(41-23)10-11-38-29(27)30(44)40-19(15-42)12-18-6-4-3-5-7-18/h3-11,13-14,19,42H,12,15H2,1-2H3,(H,40,44)(H,41,43)/t19-/m0/s1. The number of aliphatic hydroxyl groups is 1. The monoisotopic (exact) mass is 624 g/mol. The molecule has 0 bridgehead atoms. The van der Waals surface area contributed by atoms with Crippen LogP contribution in [-0.2, 0) is 12.6 Å². The summed E-state index contributed by atoms with van der Waals surface area (Å²) in [4.78, 5) is 37.5. The molecule has 5 aromatic rings. The van der Waals surface area contributed by atoms with Gasteiger partial charge >= 0.3 is 6.18 Å². The quantitative estimate of drug-likeness (QED) is 0.182. The highest BCUT2D eigenvalue weighted by molar-refractivity contribution is 6.04. The fraction of sp³-hybridized carbons (Fsp3) is 0.188. The fourth-order valence-corrected chi connectivity index (χ4v) is 4.93. The van der Waals surface area contributed by atoms with Crippen LogP contribution in [0.2, 0.25) is 0 Å². The number of aromatic amines is 1. The summed E-state index contributed by atoms with van der Waals surface area (Å²) in [7, 11) is 0. The van der Waals surface area contributed by atoms with Crippen molar-refractivity contribution in [2.45, 2.75) is 32.5 Å². The van der Waals surface area contributed by atoms with E-state index in [1.807, 2.05) is 30.3 Å². The van der Waals surface area contributed by atoms with Crippen molar-refractivity contribution in [3.63, 3.8) is 0 Å². The van der Waals surface area contributed by atoms with Gasteiger partial charge in [-0.2, -0.15) is 13.2 Å². The first-order valence-electron chi connectivity index (χ1n) is 13.6. The zero-order valence-electron chi connectivity index (χ0n) is 23.8. The van der Waals surface area contributed by atoms with Crippen molar-refractivity contribution in [3.05, 3.63) is 117 Å². The van der Waals surface area contributed by atoms with Gasteiger partial charge in [0.05, 0.1) is 40.4 Å². The van der Waals surface area contributed by atoms with Gasteiger partial charge in [-0.05, 0) is 49.6 Å². The minimum Gasteiger partial charge on any atom is -0.438 e. The lowest BCUT2D eigenvalue weighted by Crippen LogP contribution is -2.39. The Kier molecular flexibility index (Phi) is 8.64. The first-order valence-corrected chi connectivity index (χ1v) is 13.6. The third kappa shape index (κ3) is 6.38. The number of amides is 1. The van der Waals surface area contributed by atoms with E-state index in [0.29, 0.717) is 12.6 Å². The van der Waals surface area contributed by atoms with E-state index < -0.39 is 53.2 Å². The highest BCUT2D eigenvalue weighted by Crippen LogP contribution is 2.41. The van der Waals surface area contributed by atoms with Gasteiger partial charge < -0.3 is 20.1 Å². The Bertz CT molecular complexity index is 1960. The molecule has 0 spiro atoms. The predicted octanol–water partition coefficient (Wildman–Crippen LogP) is 6.02.